The summed E-state index contributed by atoms with van der Waals surface area (Å²) in [5, 5.41) is 0.489. The van der Waals surface area contributed by atoms with E-state index in [1.807, 2.05) is 0 Å². The zero-order valence-corrected chi connectivity index (χ0v) is 14.1. The Morgan fingerprint density at radius 1 is 1.12 bits per heavy atom. The van der Waals surface area contributed by atoms with E-state index in [9.17, 15) is 13.2 Å². The molecule has 0 bridgehead atoms. The Bertz CT molecular complexity index is 1080. The number of nitrogens with one attached hydrogen (secondary N) is 1. The zero-order chi connectivity index (χ0) is 17.1. The minimum atomic E-state index is -3.70. The van der Waals surface area contributed by atoms with Gasteiger partial charge in [0.2, 0.25) is 5.78 Å². The lowest BCUT2D eigenvalue weighted by Crippen LogP contribution is -2.25. The van der Waals surface area contributed by atoms with Crippen LogP contribution in [0.3, 0.4) is 0 Å². The number of sulfonamides is 1. The fourth-order valence-electron chi connectivity index (χ4n) is 3.12. The van der Waals surface area contributed by atoms with Crippen molar-refractivity contribution in [2.24, 2.45) is 4.99 Å². The van der Waals surface area contributed by atoms with E-state index in [1.165, 1.54) is 13.1 Å². The Hall–Kier alpha value is -2.44. The van der Waals surface area contributed by atoms with Gasteiger partial charge in [-0.2, -0.15) is 0 Å². The predicted molar refractivity (Wildman–Crippen MR) is 92.7 cm³/mol. The van der Waals surface area contributed by atoms with Gasteiger partial charge in [-0.15, -0.1) is 0 Å². The molecule has 0 saturated heterocycles. The van der Waals surface area contributed by atoms with Crippen molar-refractivity contribution >= 4 is 44.4 Å². The molecule has 2 aromatic carbocycles. The van der Waals surface area contributed by atoms with E-state index in [0.29, 0.717) is 33.0 Å². The number of allylic oxidation sites excluding steroid dienone is 1. The number of halogens is 1. The van der Waals surface area contributed by atoms with Gasteiger partial charge in [0.1, 0.15) is 5.71 Å². The number of hydrogen-bond acceptors (Lipinski definition) is 4. The molecule has 0 spiro atoms. The van der Waals surface area contributed by atoms with Crippen molar-refractivity contribution < 1.29 is 13.2 Å². The molecule has 24 heavy (non-hydrogen) atoms. The van der Waals surface area contributed by atoms with E-state index in [4.69, 9.17) is 11.6 Å². The van der Waals surface area contributed by atoms with Crippen LogP contribution < -0.4 is 4.72 Å². The largest absolute Gasteiger partial charge is 0.287 e. The highest BCUT2D eigenvalue weighted by Crippen LogP contribution is 2.42. The Morgan fingerprint density at radius 3 is 2.58 bits per heavy atom. The molecule has 120 valence electrons. The highest BCUT2D eigenvalue weighted by atomic mass is 35.5. The van der Waals surface area contributed by atoms with Gasteiger partial charge in [-0.3, -0.25) is 14.5 Å². The van der Waals surface area contributed by atoms with Crippen LogP contribution in [0.4, 0.5) is 0 Å². The molecule has 0 fully saturated rings. The first-order chi connectivity index (χ1) is 11.4. The first kappa shape index (κ1) is 15.1. The highest BCUT2D eigenvalue weighted by Gasteiger charge is 2.41. The molecule has 1 heterocycles. The lowest BCUT2D eigenvalue weighted by molar-refractivity contribution is 0.106. The van der Waals surface area contributed by atoms with Gasteiger partial charge in [0.15, 0.2) is 0 Å². The summed E-state index contributed by atoms with van der Waals surface area (Å²) in [7, 11) is -2.19. The average Bonchev–Trinajstić information content (AvgIpc) is 2.83. The van der Waals surface area contributed by atoms with Gasteiger partial charge < -0.3 is 0 Å². The van der Waals surface area contributed by atoms with Gasteiger partial charge in [0.25, 0.3) is 10.0 Å². The maximum absolute atomic E-state index is 12.8. The molecular formula is C17H11ClN2O3S. The average molecular weight is 359 g/mol. The zero-order valence-electron chi connectivity index (χ0n) is 12.5. The molecule has 0 radical (unpaired) electrons. The molecule has 5 nitrogen and oxygen atoms in total. The topological polar surface area (TPSA) is 75.6 Å². The summed E-state index contributed by atoms with van der Waals surface area (Å²) in [6, 6.07) is 11.6. The Balaban J connectivity index is 2.16. The number of hydrogen-bond donors (Lipinski definition) is 1. The molecule has 0 unspecified atom stereocenters. The molecule has 1 aliphatic carbocycles. The summed E-state index contributed by atoms with van der Waals surface area (Å²) < 4.78 is 27.4. The van der Waals surface area contributed by atoms with Gasteiger partial charge in [-0.05, 0) is 23.8 Å². The number of Topliss-reactive ketones (excluding diaryl/α,β-unsaturated/α-hetero) is 1. The number of nitrogens with zero attached hydrogens (tertiary/aromatic N) is 1. The van der Waals surface area contributed by atoms with E-state index < -0.39 is 10.0 Å². The van der Waals surface area contributed by atoms with E-state index in [-0.39, 0.29) is 16.4 Å². The van der Waals surface area contributed by atoms with Crippen LogP contribution in [0, 0.1) is 0 Å². The SMILES string of the molecule is CN=C1C(=O)c2cccc3c2C(=C1c1cccc(Cl)c1)NS3(=O)=O. The number of carbonyl (C=O) groups is 1. The Kier molecular flexibility index (Phi) is 3.16. The van der Waals surface area contributed by atoms with Gasteiger partial charge in [0, 0.05) is 28.8 Å². The molecule has 2 aromatic rings. The quantitative estimate of drug-likeness (QED) is 0.851. The van der Waals surface area contributed by atoms with Crippen molar-refractivity contribution in [3.05, 3.63) is 64.2 Å². The lowest BCUT2D eigenvalue weighted by atomic mass is 9.84. The molecule has 1 N–H and O–H groups in total. The third-order valence-electron chi connectivity index (χ3n) is 4.09. The lowest BCUT2D eigenvalue weighted by Gasteiger charge is -2.20. The summed E-state index contributed by atoms with van der Waals surface area (Å²) in [5.74, 6) is -0.299. The van der Waals surface area contributed by atoms with Crippen LogP contribution in [0.2, 0.25) is 5.02 Å². The van der Waals surface area contributed by atoms with Gasteiger partial charge in [-0.25, -0.2) is 8.42 Å². The van der Waals surface area contributed by atoms with Crippen LogP contribution in [0.25, 0.3) is 11.3 Å². The van der Waals surface area contributed by atoms with Crippen molar-refractivity contribution in [1.29, 1.82) is 0 Å². The minimum absolute atomic E-state index is 0.109. The van der Waals surface area contributed by atoms with Gasteiger partial charge in [-0.1, -0.05) is 35.9 Å². The fraction of sp³-hybridized carbons (Fsp3) is 0.0588. The number of carbonyl (C=O) groups excluding carboxylic acids is 1. The van der Waals surface area contributed by atoms with Crippen molar-refractivity contribution in [3.63, 3.8) is 0 Å². The van der Waals surface area contributed by atoms with Crippen LogP contribution in [0.1, 0.15) is 21.5 Å². The highest BCUT2D eigenvalue weighted by molar-refractivity contribution is 7.90. The van der Waals surface area contributed by atoms with Crippen molar-refractivity contribution in [1.82, 2.24) is 4.72 Å². The summed E-state index contributed by atoms with van der Waals surface area (Å²) in [5.41, 5.74) is 2.42. The summed E-state index contributed by atoms with van der Waals surface area (Å²) in [6.45, 7) is 0. The monoisotopic (exact) mass is 358 g/mol. The van der Waals surface area contributed by atoms with Crippen molar-refractivity contribution in [3.8, 4) is 0 Å². The molecule has 0 amide bonds. The Labute approximate surface area is 143 Å². The van der Waals surface area contributed by atoms with Crippen LogP contribution in [0.15, 0.2) is 52.4 Å². The van der Waals surface area contributed by atoms with Gasteiger partial charge in [0.05, 0.1) is 10.6 Å². The van der Waals surface area contributed by atoms with E-state index in [0.717, 1.165) is 0 Å². The second-order valence-electron chi connectivity index (χ2n) is 5.45. The molecular weight excluding hydrogens is 348 g/mol. The maximum atomic E-state index is 12.8. The molecule has 7 heteroatoms. The normalized spacial score (nSPS) is 19.4. The summed E-state index contributed by atoms with van der Waals surface area (Å²) in [6.07, 6.45) is 0. The molecule has 4 rings (SSSR count). The van der Waals surface area contributed by atoms with E-state index in [1.54, 1.807) is 36.4 Å². The standard InChI is InChI=1S/C17H11ClN2O3S/c1-19-16-13(9-4-2-5-10(18)8-9)15-14-11(17(16)21)6-3-7-12(14)24(22,23)20-15/h2-8,20H,1H3. The third kappa shape index (κ3) is 1.96. The number of rotatable bonds is 1. The Morgan fingerprint density at radius 2 is 1.88 bits per heavy atom. The van der Waals surface area contributed by atoms with Crippen LogP contribution in [-0.4, -0.2) is 27.0 Å². The fourth-order valence-corrected chi connectivity index (χ4v) is 4.63. The second kappa shape index (κ2) is 5.03. The predicted octanol–water partition coefficient (Wildman–Crippen LogP) is 2.77. The summed E-state index contributed by atoms with van der Waals surface area (Å²) in [4.78, 5) is 17.1. The van der Waals surface area contributed by atoms with Crippen LogP contribution in [0.5, 0.6) is 0 Å². The first-order valence-electron chi connectivity index (χ1n) is 7.12. The maximum Gasteiger partial charge on any atom is 0.262 e. The number of ketones is 1. The number of aliphatic imine (C=N–C) groups is 1. The van der Waals surface area contributed by atoms with Crippen molar-refractivity contribution in [2.45, 2.75) is 4.90 Å². The molecule has 0 atom stereocenters. The second-order valence-corrected chi connectivity index (χ2v) is 7.53. The minimum Gasteiger partial charge on any atom is -0.287 e. The molecule has 1 aliphatic heterocycles. The first-order valence-corrected chi connectivity index (χ1v) is 8.98. The molecule has 0 saturated carbocycles. The van der Waals surface area contributed by atoms with Crippen molar-refractivity contribution in [2.75, 3.05) is 7.05 Å². The van der Waals surface area contributed by atoms with E-state index in [2.05, 4.69) is 9.71 Å². The van der Waals surface area contributed by atoms with Gasteiger partial charge >= 0.3 is 0 Å². The third-order valence-corrected chi connectivity index (χ3v) is 5.71. The van der Waals surface area contributed by atoms with Crippen LogP contribution in [-0.2, 0) is 10.0 Å². The summed E-state index contributed by atoms with van der Waals surface area (Å²) >= 11 is 6.07. The number of benzene rings is 2. The molecule has 0 aromatic heterocycles. The van der Waals surface area contributed by atoms with Crippen LogP contribution >= 0.6 is 11.6 Å². The van der Waals surface area contributed by atoms with E-state index >= 15 is 0 Å². The molecule has 2 aliphatic rings. The smallest absolute Gasteiger partial charge is 0.262 e.